The Morgan fingerprint density at radius 3 is 2.75 bits per heavy atom. The Morgan fingerprint density at radius 2 is 2.00 bits per heavy atom. The maximum Gasteiger partial charge on any atom is 0.313 e. The van der Waals surface area contributed by atoms with Gasteiger partial charge in [0.2, 0.25) is 0 Å². The Balaban J connectivity index is 1.90. The molecule has 5 nitrogen and oxygen atoms in total. The van der Waals surface area contributed by atoms with Crippen LogP contribution in [-0.4, -0.2) is 29.1 Å². The number of aliphatic hydroxyl groups is 1. The van der Waals surface area contributed by atoms with Crippen molar-refractivity contribution < 1.29 is 19.4 Å². The third-order valence-electron chi connectivity index (χ3n) is 6.91. The van der Waals surface area contributed by atoms with E-state index in [4.69, 9.17) is 4.74 Å². The molecular formula is C19H18O5. The summed E-state index contributed by atoms with van der Waals surface area (Å²) in [6.07, 6.45) is -0.520. The quantitative estimate of drug-likeness (QED) is 0.723. The number of hydrogen-bond donors (Lipinski definition) is 1. The highest BCUT2D eigenvalue weighted by atomic mass is 16.6. The number of aryl methyl sites for hydroxylation is 2. The Hall–Kier alpha value is -2.01. The zero-order valence-corrected chi connectivity index (χ0v) is 13.5. The van der Waals surface area contributed by atoms with E-state index in [9.17, 15) is 19.5 Å². The molecule has 3 aliphatic carbocycles. The van der Waals surface area contributed by atoms with E-state index in [-0.39, 0.29) is 29.0 Å². The van der Waals surface area contributed by atoms with Gasteiger partial charge in [-0.25, -0.2) is 0 Å². The molecule has 1 N–H and O–H groups in total. The SMILES string of the molecule is Cc1cc(=O)cc2c3c1C(=O)[C@@H]1[C@H]4OC(=O)[C@](CC2)([C@H](C)[C@H]4O)[C@H]31. The topological polar surface area (TPSA) is 80.7 Å². The molecule has 1 saturated carbocycles. The van der Waals surface area contributed by atoms with Gasteiger partial charge in [-0.05, 0) is 48.6 Å². The monoisotopic (exact) mass is 326 g/mol. The van der Waals surface area contributed by atoms with Crippen LogP contribution in [0.3, 0.4) is 0 Å². The van der Waals surface area contributed by atoms with Crippen molar-refractivity contribution in [2.45, 2.75) is 44.8 Å². The van der Waals surface area contributed by atoms with Crippen molar-refractivity contribution in [1.29, 1.82) is 0 Å². The number of carbonyl (C=O) groups excluding carboxylic acids is 2. The van der Waals surface area contributed by atoms with E-state index in [1.54, 1.807) is 13.0 Å². The van der Waals surface area contributed by atoms with Gasteiger partial charge in [0.05, 0.1) is 17.4 Å². The van der Waals surface area contributed by atoms with E-state index in [0.29, 0.717) is 24.0 Å². The predicted molar refractivity (Wildman–Crippen MR) is 83.8 cm³/mol. The molecule has 2 aliphatic heterocycles. The smallest absolute Gasteiger partial charge is 0.313 e. The first-order valence-electron chi connectivity index (χ1n) is 8.49. The standard InChI is InChI=1S/C19H18O5/c1-7-5-10(20)6-9-3-4-19-8(2)15(21)17(24-18(19)23)13-14(19)12(9)11(7)16(13)22/h5-6,8,13-15,17,21H,3-4H2,1-2H3/t8-,13-,14-,15-,17-,19-/m1/s1. The Bertz CT molecular complexity index is 888. The van der Waals surface area contributed by atoms with Gasteiger partial charge in [-0.1, -0.05) is 6.92 Å². The van der Waals surface area contributed by atoms with Gasteiger partial charge in [0.25, 0.3) is 0 Å². The van der Waals surface area contributed by atoms with Crippen LogP contribution >= 0.6 is 0 Å². The van der Waals surface area contributed by atoms with Crippen LogP contribution in [0.4, 0.5) is 0 Å². The molecule has 0 radical (unpaired) electrons. The maximum absolute atomic E-state index is 13.2. The molecule has 2 saturated heterocycles. The van der Waals surface area contributed by atoms with E-state index in [0.717, 1.165) is 11.1 Å². The number of Topliss-reactive ketones (excluding diaryl/α,β-unsaturated/α-hetero) is 1. The summed E-state index contributed by atoms with van der Waals surface area (Å²) < 4.78 is 5.52. The molecule has 5 heteroatoms. The van der Waals surface area contributed by atoms with Crippen LogP contribution < -0.4 is 5.43 Å². The maximum atomic E-state index is 13.2. The summed E-state index contributed by atoms with van der Waals surface area (Å²) in [6.45, 7) is 3.66. The van der Waals surface area contributed by atoms with E-state index in [1.807, 2.05) is 6.92 Å². The molecule has 3 fully saturated rings. The van der Waals surface area contributed by atoms with Gasteiger partial charge in [0.15, 0.2) is 11.2 Å². The number of aliphatic hydroxyl groups excluding tert-OH is 1. The number of fused-ring (bicyclic) bond motifs is 2. The lowest BCUT2D eigenvalue weighted by Crippen LogP contribution is -2.67. The fourth-order valence-corrected chi connectivity index (χ4v) is 5.85. The van der Waals surface area contributed by atoms with Crippen molar-refractivity contribution in [3.63, 3.8) is 0 Å². The minimum atomic E-state index is -0.851. The van der Waals surface area contributed by atoms with Crippen LogP contribution in [0.2, 0.25) is 0 Å². The fraction of sp³-hybridized carbons (Fsp3) is 0.526. The summed E-state index contributed by atoms with van der Waals surface area (Å²) in [7, 11) is 0. The van der Waals surface area contributed by atoms with E-state index < -0.39 is 23.5 Å². The molecule has 24 heavy (non-hydrogen) atoms. The number of carbonyl (C=O) groups is 2. The molecule has 2 bridgehead atoms. The zero-order valence-electron chi connectivity index (χ0n) is 13.5. The highest BCUT2D eigenvalue weighted by Gasteiger charge is 2.72. The van der Waals surface area contributed by atoms with Gasteiger partial charge in [0.1, 0.15) is 6.10 Å². The molecule has 2 heterocycles. The third kappa shape index (κ3) is 1.32. The Morgan fingerprint density at radius 1 is 1.25 bits per heavy atom. The van der Waals surface area contributed by atoms with Crippen LogP contribution in [-0.2, 0) is 16.0 Å². The van der Waals surface area contributed by atoms with Crippen molar-refractivity contribution in [2.75, 3.05) is 0 Å². The zero-order chi connectivity index (χ0) is 17.0. The molecule has 5 aliphatic rings. The molecule has 1 aromatic rings. The van der Waals surface area contributed by atoms with Crippen molar-refractivity contribution in [2.24, 2.45) is 17.3 Å². The molecule has 1 spiro atoms. The first-order chi connectivity index (χ1) is 11.4. The molecular weight excluding hydrogens is 308 g/mol. The summed E-state index contributed by atoms with van der Waals surface area (Å²) in [5.41, 5.74) is 2.04. The summed E-state index contributed by atoms with van der Waals surface area (Å²) in [5, 5.41) is 10.6. The average molecular weight is 326 g/mol. The number of hydrogen-bond acceptors (Lipinski definition) is 5. The fourth-order valence-electron chi connectivity index (χ4n) is 5.85. The van der Waals surface area contributed by atoms with Crippen molar-refractivity contribution in [3.05, 3.63) is 44.6 Å². The van der Waals surface area contributed by atoms with Gasteiger partial charge < -0.3 is 9.84 Å². The van der Waals surface area contributed by atoms with Gasteiger partial charge in [-0.15, -0.1) is 0 Å². The predicted octanol–water partition coefficient (Wildman–Crippen LogP) is 1.12. The van der Waals surface area contributed by atoms with Crippen LogP contribution in [0.1, 0.15) is 46.3 Å². The Labute approximate surface area is 138 Å². The van der Waals surface area contributed by atoms with Gasteiger partial charge in [-0.2, -0.15) is 0 Å². The van der Waals surface area contributed by atoms with Gasteiger partial charge in [-0.3, -0.25) is 14.4 Å². The number of rotatable bonds is 0. The normalized spacial score (nSPS) is 41.2. The van der Waals surface area contributed by atoms with Crippen molar-refractivity contribution in [1.82, 2.24) is 0 Å². The second-order valence-electron chi connectivity index (χ2n) is 7.75. The lowest BCUT2D eigenvalue weighted by molar-refractivity contribution is -0.231. The molecule has 0 amide bonds. The molecule has 6 rings (SSSR count). The lowest BCUT2D eigenvalue weighted by Gasteiger charge is -2.59. The molecule has 6 atom stereocenters. The van der Waals surface area contributed by atoms with Crippen LogP contribution in [0.15, 0.2) is 16.9 Å². The van der Waals surface area contributed by atoms with Gasteiger partial charge >= 0.3 is 5.97 Å². The second kappa shape index (κ2) is 4.14. The molecule has 0 unspecified atom stereocenters. The number of ketones is 1. The average Bonchev–Trinajstić information content (AvgIpc) is 2.76. The minimum Gasteiger partial charge on any atom is -0.458 e. The van der Waals surface area contributed by atoms with Gasteiger partial charge in [0, 0.05) is 17.4 Å². The minimum absolute atomic E-state index is 0.0842. The third-order valence-corrected chi connectivity index (χ3v) is 6.91. The highest BCUT2D eigenvalue weighted by Crippen LogP contribution is 2.66. The van der Waals surface area contributed by atoms with Crippen LogP contribution in [0.25, 0.3) is 0 Å². The van der Waals surface area contributed by atoms with E-state index >= 15 is 0 Å². The van der Waals surface area contributed by atoms with Crippen molar-refractivity contribution >= 4 is 11.8 Å². The summed E-state index contributed by atoms with van der Waals surface area (Å²) >= 11 is 0. The summed E-state index contributed by atoms with van der Waals surface area (Å²) in [5.74, 6) is -1.41. The number of esters is 1. The number of ether oxygens (including phenoxy) is 1. The van der Waals surface area contributed by atoms with Crippen molar-refractivity contribution in [3.8, 4) is 0 Å². The molecule has 1 aromatic carbocycles. The van der Waals surface area contributed by atoms with Crippen LogP contribution in [0, 0.1) is 24.2 Å². The first kappa shape index (κ1) is 14.3. The van der Waals surface area contributed by atoms with E-state index in [2.05, 4.69) is 0 Å². The molecule has 124 valence electrons. The first-order valence-corrected chi connectivity index (χ1v) is 8.49. The molecule has 0 aromatic heterocycles. The lowest BCUT2D eigenvalue weighted by atomic mass is 9.49. The van der Waals surface area contributed by atoms with Crippen LogP contribution in [0.5, 0.6) is 0 Å². The van der Waals surface area contributed by atoms with E-state index in [1.165, 1.54) is 6.07 Å². The summed E-state index contributed by atoms with van der Waals surface area (Å²) in [4.78, 5) is 38.0. The largest absolute Gasteiger partial charge is 0.458 e. The highest BCUT2D eigenvalue weighted by molar-refractivity contribution is 6.07. The second-order valence-corrected chi connectivity index (χ2v) is 7.75. The Kier molecular flexibility index (Phi) is 2.48. The summed E-state index contributed by atoms with van der Waals surface area (Å²) in [6, 6.07) is 3.11.